The average molecular weight is 543 g/mol. The number of anilines is 2. The Morgan fingerprint density at radius 1 is 1.05 bits per heavy atom. The van der Waals surface area contributed by atoms with Gasteiger partial charge in [0.05, 0.1) is 31.3 Å². The molecule has 3 N–H and O–H groups in total. The van der Waals surface area contributed by atoms with E-state index in [1.165, 1.54) is 12.8 Å². The Kier molecular flexibility index (Phi) is 8.81. The molecule has 0 bridgehead atoms. The van der Waals surface area contributed by atoms with Crippen molar-refractivity contribution in [2.75, 3.05) is 52.8 Å². The van der Waals surface area contributed by atoms with Crippen molar-refractivity contribution in [2.24, 2.45) is 10.7 Å². The zero-order chi connectivity index (χ0) is 27.9. The number of aliphatic imine (C=N–C) groups is 1. The van der Waals surface area contributed by atoms with Crippen molar-refractivity contribution in [1.29, 1.82) is 0 Å². The Morgan fingerprint density at radius 2 is 1.85 bits per heavy atom. The fraction of sp³-hybridized carbons (Fsp3) is 0.387. The molecule has 0 amide bonds. The number of benzene rings is 2. The smallest absolute Gasteiger partial charge is 0.227 e. The molecule has 3 aromatic rings. The third-order valence-corrected chi connectivity index (χ3v) is 7.49. The second kappa shape index (κ2) is 12.8. The van der Waals surface area contributed by atoms with Gasteiger partial charge in [0.25, 0.3) is 0 Å². The molecule has 210 valence electrons. The Hall–Kier alpha value is -4.11. The maximum Gasteiger partial charge on any atom is 0.227 e. The number of allylic oxidation sites excluding steroid dienone is 2. The molecule has 1 saturated heterocycles. The van der Waals surface area contributed by atoms with Gasteiger partial charge in [0.15, 0.2) is 0 Å². The number of methoxy groups -OCH3 is 2. The zero-order valence-corrected chi connectivity index (χ0v) is 23.6. The molecule has 1 fully saturated rings. The van der Waals surface area contributed by atoms with E-state index in [2.05, 4.69) is 20.2 Å². The summed E-state index contributed by atoms with van der Waals surface area (Å²) in [5.41, 5.74) is 12.7. The van der Waals surface area contributed by atoms with Crippen molar-refractivity contribution in [3.05, 3.63) is 71.2 Å². The van der Waals surface area contributed by atoms with Crippen molar-refractivity contribution in [1.82, 2.24) is 14.9 Å². The molecule has 5 rings (SSSR count). The number of nitrogens with zero attached hydrogens (tertiary/aromatic N) is 4. The van der Waals surface area contributed by atoms with Gasteiger partial charge in [-0.15, -0.1) is 0 Å². The van der Waals surface area contributed by atoms with Crippen molar-refractivity contribution < 1.29 is 14.2 Å². The molecule has 9 nitrogen and oxygen atoms in total. The topological polar surface area (TPSA) is 107 Å². The highest BCUT2D eigenvalue weighted by molar-refractivity contribution is 6.25. The summed E-state index contributed by atoms with van der Waals surface area (Å²) in [5, 5.41) is 3.33. The minimum absolute atomic E-state index is 0.458. The fourth-order valence-corrected chi connectivity index (χ4v) is 5.33. The van der Waals surface area contributed by atoms with Gasteiger partial charge in [-0.25, -0.2) is 9.97 Å². The summed E-state index contributed by atoms with van der Waals surface area (Å²) in [6, 6.07) is 13.7. The van der Waals surface area contributed by atoms with Crippen LogP contribution >= 0.6 is 0 Å². The minimum Gasteiger partial charge on any atom is -0.496 e. The molecule has 0 radical (unpaired) electrons. The molecule has 1 aromatic heterocycles. The molecule has 40 heavy (non-hydrogen) atoms. The molecule has 1 aliphatic carbocycles. The fourth-order valence-electron chi connectivity index (χ4n) is 5.33. The van der Waals surface area contributed by atoms with Gasteiger partial charge >= 0.3 is 0 Å². The van der Waals surface area contributed by atoms with E-state index in [1.807, 2.05) is 48.7 Å². The molecule has 1 aliphatic heterocycles. The maximum atomic E-state index is 6.59. The predicted molar refractivity (Wildman–Crippen MR) is 159 cm³/mol. The minimum atomic E-state index is 0.458. The predicted octanol–water partition coefficient (Wildman–Crippen LogP) is 4.64. The molecule has 0 spiro atoms. The normalized spacial score (nSPS) is 15.6. The van der Waals surface area contributed by atoms with Gasteiger partial charge in [0.1, 0.15) is 23.9 Å². The van der Waals surface area contributed by atoms with E-state index >= 15 is 0 Å². The number of para-hydroxylation sites is 1. The molecule has 2 aliphatic rings. The SMILES string of the molecule is CN=C(Cc1ccccc1OC)C1=C(N)CCc2cnc(Nc3ccc(OCCN4CCCC4)cc3OC)nc21. The first-order chi connectivity index (χ1) is 19.6. The van der Waals surface area contributed by atoms with Crippen molar-refractivity contribution >= 4 is 22.9 Å². The number of fused-ring (bicyclic) bond motifs is 1. The van der Waals surface area contributed by atoms with Crippen LogP contribution in [0, 0.1) is 0 Å². The highest BCUT2D eigenvalue weighted by atomic mass is 16.5. The highest BCUT2D eigenvalue weighted by Crippen LogP contribution is 2.34. The number of hydrogen-bond acceptors (Lipinski definition) is 9. The van der Waals surface area contributed by atoms with Crippen LogP contribution in [0.1, 0.15) is 36.1 Å². The van der Waals surface area contributed by atoms with E-state index < -0.39 is 0 Å². The van der Waals surface area contributed by atoms with Gasteiger partial charge in [0, 0.05) is 49.1 Å². The number of likely N-dealkylation sites (tertiary alicyclic amines) is 1. The standard InChI is InChI=1S/C31H38N6O3/c1-33-26(18-21-8-4-5-9-27(21)38-2)29-24(32)12-10-22-20-34-31(36-30(22)29)35-25-13-11-23(19-28(25)39-3)40-17-16-37-14-6-7-15-37/h4-5,8-9,11,13,19-20H,6-7,10,12,14-18,32H2,1-3H3,(H,34,35,36). The van der Waals surface area contributed by atoms with Gasteiger partial charge in [-0.1, -0.05) is 18.2 Å². The lowest BCUT2D eigenvalue weighted by Gasteiger charge is -2.22. The first-order valence-electron chi connectivity index (χ1n) is 13.8. The molecule has 9 heteroatoms. The molecule has 0 atom stereocenters. The van der Waals surface area contributed by atoms with Crippen LogP contribution in [0.3, 0.4) is 0 Å². The molecule has 0 unspecified atom stereocenters. The average Bonchev–Trinajstić information content (AvgIpc) is 3.50. The monoisotopic (exact) mass is 542 g/mol. The lowest BCUT2D eigenvalue weighted by atomic mass is 9.88. The maximum absolute atomic E-state index is 6.59. The number of rotatable bonds is 11. The number of ether oxygens (including phenoxy) is 3. The van der Waals surface area contributed by atoms with E-state index in [-0.39, 0.29) is 0 Å². The third-order valence-electron chi connectivity index (χ3n) is 7.49. The number of aromatic nitrogens is 2. The Balaban J connectivity index is 1.35. The van der Waals surface area contributed by atoms with Gasteiger partial charge < -0.3 is 25.3 Å². The zero-order valence-electron chi connectivity index (χ0n) is 23.6. The van der Waals surface area contributed by atoms with Crippen LogP contribution in [-0.4, -0.2) is 68.1 Å². The summed E-state index contributed by atoms with van der Waals surface area (Å²) in [7, 11) is 5.11. The van der Waals surface area contributed by atoms with E-state index in [0.29, 0.717) is 24.7 Å². The van der Waals surface area contributed by atoms with Gasteiger partial charge in [-0.2, -0.15) is 0 Å². The lowest BCUT2D eigenvalue weighted by molar-refractivity contribution is 0.237. The van der Waals surface area contributed by atoms with Crippen LogP contribution < -0.4 is 25.3 Å². The first-order valence-corrected chi connectivity index (χ1v) is 13.8. The summed E-state index contributed by atoms with van der Waals surface area (Å²) >= 11 is 0. The van der Waals surface area contributed by atoms with Crippen molar-refractivity contribution in [3.63, 3.8) is 0 Å². The van der Waals surface area contributed by atoms with Crippen LogP contribution in [0.4, 0.5) is 11.6 Å². The quantitative estimate of drug-likeness (QED) is 0.338. The third kappa shape index (κ3) is 6.20. The molecular formula is C31H38N6O3. The highest BCUT2D eigenvalue weighted by Gasteiger charge is 2.25. The molecule has 0 saturated carbocycles. The number of nitrogens with one attached hydrogen (secondary N) is 1. The summed E-state index contributed by atoms with van der Waals surface area (Å²) in [6.45, 7) is 3.90. The van der Waals surface area contributed by atoms with E-state index in [9.17, 15) is 0 Å². The van der Waals surface area contributed by atoms with Crippen LogP contribution in [0.5, 0.6) is 17.2 Å². The summed E-state index contributed by atoms with van der Waals surface area (Å²) in [5.74, 6) is 2.70. The molecular weight excluding hydrogens is 504 g/mol. The second-order valence-corrected chi connectivity index (χ2v) is 10.0. The number of nitrogens with two attached hydrogens (primary N) is 1. The second-order valence-electron chi connectivity index (χ2n) is 10.0. The summed E-state index contributed by atoms with van der Waals surface area (Å²) in [6.07, 6.45) is 6.51. The Morgan fingerprint density at radius 3 is 2.62 bits per heavy atom. The van der Waals surface area contributed by atoms with Crippen LogP contribution in [0.2, 0.25) is 0 Å². The molecule has 2 aromatic carbocycles. The number of hydrogen-bond donors (Lipinski definition) is 2. The first kappa shape index (κ1) is 27.5. The van der Waals surface area contributed by atoms with Gasteiger partial charge in [-0.3, -0.25) is 9.89 Å². The van der Waals surface area contributed by atoms with Crippen molar-refractivity contribution in [2.45, 2.75) is 32.1 Å². The summed E-state index contributed by atoms with van der Waals surface area (Å²) in [4.78, 5) is 16.6. The molecule has 2 heterocycles. The number of aryl methyl sites for hydroxylation is 1. The largest absolute Gasteiger partial charge is 0.496 e. The summed E-state index contributed by atoms with van der Waals surface area (Å²) < 4.78 is 17.2. The lowest BCUT2D eigenvalue weighted by Crippen LogP contribution is -2.25. The Bertz CT molecular complexity index is 1400. The van der Waals surface area contributed by atoms with Crippen LogP contribution in [0.25, 0.3) is 5.57 Å². The van der Waals surface area contributed by atoms with Crippen LogP contribution in [0.15, 0.2) is 59.4 Å². The van der Waals surface area contributed by atoms with Crippen molar-refractivity contribution in [3.8, 4) is 17.2 Å². The van der Waals surface area contributed by atoms with E-state index in [4.69, 9.17) is 24.9 Å². The van der Waals surface area contributed by atoms with Gasteiger partial charge in [-0.05, 0) is 62.5 Å². The van der Waals surface area contributed by atoms with E-state index in [0.717, 1.165) is 83.5 Å². The van der Waals surface area contributed by atoms with Crippen LogP contribution in [-0.2, 0) is 12.8 Å². The Labute approximate surface area is 236 Å². The van der Waals surface area contributed by atoms with E-state index in [1.54, 1.807) is 21.3 Å². The van der Waals surface area contributed by atoms with Gasteiger partial charge in [0.2, 0.25) is 5.95 Å².